The Morgan fingerprint density at radius 3 is 1.95 bits per heavy atom. The zero-order chi connectivity index (χ0) is 15.8. The number of ether oxygens (including phenoxy) is 4. The largest absolute Gasteiger partial charge is 0.491 e. The van der Waals surface area contributed by atoms with Gasteiger partial charge in [-0.2, -0.15) is 0 Å². The summed E-state index contributed by atoms with van der Waals surface area (Å²) < 4.78 is 22.6. The third-order valence-corrected chi connectivity index (χ3v) is 2.77. The molecule has 0 aromatic heterocycles. The molecular weight excluding hydrogens is 268 g/mol. The number of hydrogen-bond acceptors (Lipinski definition) is 4. The molecule has 0 aromatic rings. The second-order valence-electron chi connectivity index (χ2n) is 5.04. The molecule has 0 bridgehead atoms. The highest BCUT2D eigenvalue weighted by Gasteiger charge is 2.12. The summed E-state index contributed by atoms with van der Waals surface area (Å²) in [5.74, 6) is 1.34. The van der Waals surface area contributed by atoms with Gasteiger partial charge in [-0.3, -0.25) is 0 Å². The Morgan fingerprint density at radius 1 is 0.667 bits per heavy atom. The molecule has 0 aliphatic heterocycles. The van der Waals surface area contributed by atoms with Gasteiger partial charge in [-0.15, -0.1) is 0 Å². The lowest BCUT2D eigenvalue weighted by molar-refractivity contribution is -0.0833. The highest BCUT2D eigenvalue weighted by atomic mass is 16.7. The zero-order valence-corrected chi connectivity index (χ0v) is 14.4. The molecular formula is C17H34O4. The number of rotatable bonds is 15. The van der Waals surface area contributed by atoms with Crippen LogP contribution in [0.15, 0.2) is 11.7 Å². The van der Waals surface area contributed by atoms with Crippen LogP contribution in [0, 0.1) is 0 Å². The van der Waals surface area contributed by atoms with Crippen LogP contribution >= 0.6 is 0 Å². The summed E-state index contributed by atoms with van der Waals surface area (Å²) in [6.45, 7) is 10.7. The molecule has 0 aliphatic carbocycles. The van der Waals surface area contributed by atoms with Crippen molar-refractivity contribution in [3.05, 3.63) is 11.7 Å². The van der Waals surface area contributed by atoms with Crippen LogP contribution < -0.4 is 0 Å². The van der Waals surface area contributed by atoms with Crippen molar-refractivity contribution < 1.29 is 18.9 Å². The van der Waals surface area contributed by atoms with Gasteiger partial charge in [-0.05, 0) is 25.7 Å². The van der Waals surface area contributed by atoms with Crippen molar-refractivity contribution in [1.82, 2.24) is 0 Å². The Morgan fingerprint density at radius 2 is 1.33 bits per heavy atom. The summed E-state index contributed by atoms with van der Waals surface area (Å²) in [5.41, 5.74) is 0. The second-order valence-corrected chi connectivity index (χ2v) is 5.04. The predicted molar refractivity (Wildman–Crippen MR) is 85.8 cm³/mol. The van der Waals surface area contributed by atoms with Crippen molar-refractivity contribution >= 4 is 0 Å². The fraction of sp³-hybridized carbons (Fsp3) is 0.882. The molecule has 0 rings (SSSR count). The normalized spacial score (nSPS) is 12.0. The van der Waals surface area contributed by atoms with Gasteiger partial charge in [0.1, 0.15) is 0 Å². The maximum Gasteiger partial charge on any atom is 0.321 e. The Bertz CT molecular complexity index is 251. The quantitative estimate of drug-likeness (QED) is 0.242. The second kappa shape index (κ2) is 15.5. The SMILES string of the molecule is CCCCCC(OCCC)=C(OCCC)OCOCCC. The van der Waals surface area contributed by atoms with Crippen molar-refractivity contribution in [3.63, 3.8) is 0 Å². The van der Waals surface area contributed by atoms with Crippen LogP contribution in [0.1, 0.15) is 72.6 Å². The molecule has 0 saturated heterocycles. The highest BCUT2D eigenvalue weighted by Crippen LogP contribution is 2.18. The molecule has 0 saturated carbocycles. The number of hydrogen-bond donors (Lipinski definition) is 0. The molecule has 21 heavy (non-hydrogen) atoms. The summed E-state index contributed by atoms with van der Waals surface area (Å²) in [6, 6.07) is 0. The first-order chi connectivity index (χ1) is 10.3. The van der Waals surface area contributed by atoms with E-state index < -0.39 is 0 Å². The van der Waals surface area contributed by atoms with E-state index in [2.05, 4.69) is 27.7 Å². The molecule has 0 amide bonds. The number of unbranched alkanes of at least 4 members (excludes halogenated alkanes) is 2. The van der Waals surface area contributed by atoms with Crippen LogP contribution in [0.2, 0.25) is 0 Å². The molecule has 4 heteroatoms. The Labute approximate surface area is 130 Å². The van der Waals surface area contributed by atoms with Gasteiger partial charge in [-0.25, -0.2) is 0 Å². The molecule has 0 aromatic carbocycles. The van der Waals surface area contributed by atoms with Crippen LogP contribution in [-0.4, -0.2) is 26.6 Å². The molecule has 0 aliphatic rings. The van der Waals surface area contributed by atoms with E-state index in [0.29, 0.717) is 25.8 Å². The van der Waals surface area contributed by atoms with E-state index >= 15 is 0 Å². The van der Waals surface area contributed by atoms with E-state index in [9.17, 15) is 0 Å². The van der Waals surface area contributed by atoms with Gasteiger partial charge in [-0.1, -0.05) is 40.5 Å². The monoisotopic (exact) mass is 302 g/mol. The van der Waals surface area contributed by atoms with E-state index in [1.807, 2.05) is 0 Å². The number of allylic oxidation sites excluding steroid dienone is 1. The lowest BCUT2D eigenvalue weighted by Crippen LogP contribution is -2.10. The van der Waals surface area contributed by atoms with E-state index in [-0.39, 0.29) is 6.79 Å². The molecule has 0 N–H and O–H groups in total. The Hall–Kier alpha value is -0.900. The first-order valence-corrected chi connectivity index (χ1v) is 8.49. The average Bonchev–Trinajstić information content (AvgIpc) is 2.50. The lowest BCUT2D eigenvalue weighted by atomic mass is 10.2. The fourth-order valence-corrected chi connectivity index (χ4v) is 1.69. The minimum atomic E-state index is 0.222. The van der Waals surface area contributed by atoms with Crippen molar-refractivity contribution in [2.24, 2.45) is 0 Å². The summed E-state index contributed by atoms with van der Waals surface area (Å²) >= 11 is 0. The molecule has 0 radical (unpaired) electrons. The van der Waals surface area contributed by atoms with E-state index in [4.69, 9.17) is 18.9 Å². The summed E-state index contributed by atoms with van der Waals surface area (Å²) in [7, 11) is 0. The Kier molecular flexibility index (Phi) is 14.8. The van der Waals surface area contributed by atoms with Gasteiger partial charge >= 0.3 is 5.95 Å². The molecule has 126 valence electrons. The lowest BCUT2D eigenvalue weighted by Gasteiger charge is -2.17. The minimum Gasteiger partial charge on any atom is -0.491 e. The van der Waals surface area contributed by atoms with Crippen LogP contribution in [0.25, 0.3) is 0 Å². The van der Waals surface area contributed by atoms with Gasteiger partial charge in [0.2, 0.25) is 0 Å². The van der Waals surface area contributed by atoms with E-state index in [1.54, 1.807) is 0 Å². The van der Waals surface area contributed by atoms with Crippen molar-refractivity contribution in [2.75, 3.05) is 26.6 Å². The predicted octanol–water partition coefficient (Wildman–Crippen LogP) is 4.99. The van der Waals surface area contributed by atoms with Gasteiger partial charge in [0.15, 0.2) is 12.6 Å². The maximum atomic E-state index is 5.83. The van der Waals surface area contributed by atoms with Crippen molar-refractivity contribution in [3.8, 4) is 0 Å². The summed E-state index contributed by atoms with van der Waals surface area (Å²) in [6.07, 6.45) is 7.23. The molecule has 0 atom stereocenters. The van der Waals surface area contributed by atoms with Gasteiger partial charge in [0.05, 0.1) is 19.8 Å². The van der Waals surface area contributed by atoms with Crippen LogP contribution in [0.5, 0.6) is 0 Å². The highest BCUT2D eigenvalue weighted by molar-refractivity contribution is 4.95. The fourth-order valence-electron chi connectivity index (χ4n) is 1.69. The van der Waals surface area contributed by atoms with Crippen molar-refractivity contribution in [1.29, 1.82) is 0 Å². The molecule has 0 unspecified atom stereocenters. The van der Waals surface area contributed by atoms with Crippen LogP contribution in [0.4, 0.5) is 0 Å². The van der Waals surface area contributed by atoms with Gasteiger partial charge in [0.25, 0.3) is 0 Å². The van der Waals surface area contributed by atoms with Gasteiger partial charge in [0, 0.05) is 6.42 Å². The van der Waals surface area contributed by atoms with E-state index in [1.165, 1.54) is 12.8 Å². The molecule has 0 fully saturated rings. The van der Waals surface area contributed by atoms with Gasteiger partial charge < -0.3 is 18.9 Å². The summed E-state index contributed by atoms with van der Waals surface area (Å²) in [5, 5.41) is 0. The minimum absolute atomic E-state index is 0.222. The molecule has 0 heterocycles. The maximum absolute atomic E-state index is 5.83. The topological polar surface area (TPSA) is 36.9 Å². The Balaban J connectivity index is 4.60. The summed E-state index contributed by atoms with van der Waals surface area (Å²) in [4.78, 5) is 0. The zero-order valence-electron chi connectivity index (χ0n) is 14.4. The first kappa shape index (κ1) is 20.1. The van der Waals surface area contributed by atoms with Crippen LogP contribution in [0.3, 0.4) is 0 Å². The van der Waals surface area contributed by atoms with Crippen LogP contribution in [-0.2, 0) is 18.9 Å². The first-order valence-electron chi connectivity index (χ1n) is 8.49. The third kappa shape index (κ3) is 11.4. The van der Waals surface area contributed by atoms with Crippen molar-refractivity contribution in [2.45, 2.75) is 72.6 Å². The third-order valence-electron chi connectivity index (χ3n) is 2.77. The smallest absolute Gasteiger partial charge is 0.321 e. The molecule has 0 spiro atoms. The van der Waals surface area contributed by atoms with E-state index in [0.717, 1.165) is 37.9 Å². The molecule has 4 nitrogen and oxygen atoms in total. The standard InChI is InChI=1S/C17H34O4/c1-5-9-10-11-16(19-13-7-3)17(20-14-8-4)21-15-18-12-6-2/h5-15H2,1-4H3. The average molecular weight is 302 g/mol.